The first-order valence-corrected chi connectivity index (χ1v) is 4.41. The van der Waals surface area contributed by atoms with Crippen molar-refractivity contribution in [3.05, 3.63) is 22.4 Å². The van der Waals surface area contributed by atoms with E-state index < -0.39 is 0 Å². The van der Waals surface area contributed by atoms with Gasteiger partial charge in [-0.3, -0.25) is 5.32 Å². The molecule has 12 heavy (non-hydrogen) atoms. The number of hydrogen-bond acceptors (Lipinski definition) is 3. The number of nitrogens with one attached hydrogen (secondary N) is 1. The Morgan fingerprint density at radius 2 is 2.58 bits per heavy atom. The first-order chi connectivity index (χ1) is 5.88. The summed E-state index contributed by atoms with van der Waals surface area (Å²) < 4.78 is 0. The minimum atomic E-state index is -0.271. The van der Waals surface area contributed by atoms with E-state index in [2.05, 4.69) is 17.3 Å². The fourth-order valence-electron chi connectivity index (χ4n) is 0.838. The van der Waals surface area contributed by atoms with Crippen LogP contribution in [0.4, 0.5) is 0 Å². The van der Waals surface area contributed by atoms with E-state index in [1.54, 1.807) is 11.3 Å². The molecule has 1 heterocycles. The molecule has 3 heteroatoms. The predicted octanol–water partition coefficient (Wildman–Crippen LogP) is 1.54. The fraction of sp³-hybridized carbons (Fsp3) is 0.222. The lowest BCUT2D eigenvalue weighted by atomic mass is 10.2. The van der Waals surface area contributed by atoms with Crippen LogP contribution in [-0.2, 0) is 0 Å². The zero-order chi connectivity index (χ0) is 8.81. The summed E-state index contributed by atoms with van der Waals surface area (Å²) in [6.45, 7) is 0.425. The average molecular weight is 176 g/mol. The van der Waals surface area contributed by atoms with E-state index in [4.69, 9.17) is 11.7 Å². The predicted molar refractivity (Wildman–Crippen MR) is 49.5 cm³/mol. The molecule has 0 bridgehead atoms. The van der Waals surface area contributed by atoms with Crippen molar-refractivity contribution in [1.29, 1.82) is 5.26 Å². The molecule has 0 aromatic carbocycles. The molecule has 0 spiro atoms. The van der Waals surface area contributed by atoms with Gasteiger partial charge >= 0.3 is 0 Å². The molecule has 1 unspecified atom stereocenters. The number of thiophene rings is 1. The van der Waals surface area contributed by atoms with Crippen molar-refractivity contribution in [3.63, 3.8) is 0 Å². The minimum Gasteiger partial charge on any atom is -0.287 e. The monoisotopic (exact) mass is 176 g/mol. The van der Waals surface area contributed by atoms with E-state index in [1.165, 1.54) is 0 Å². The van der Waals surface area contributed by atoms with Crippen LogP contribution in [0.25, 0.3) is 0 Å². The highest BCUT2D eigenvalue weighted by molar-refractivity contribution is 7.07. The molecule has 0 saturated carbocycles. The summed E-state index contributed by atoms with van der Waals surface area (Å²) in [6, 6.07) is 3.79. The highest BCUT2D eigenvalue weighted by Crippen LogP contribution is 2.14. The number of nitriles is 1. The quantitative estimate of drug-likeness (QED) is 0.709. The summed E-state index contributed by atoms with van der Waals surface area (Å²) in [6.07, 6.45) is 5.07. The Bertz CT molecular complexity index is 302. The molecule has 0 amide bonds. The van der Waals surface area contributed by atoms with E-state index in [0.29, 0.717) is 6.54 Å². The van der Waals surface area contributed by atoms with Crippen molar-refractivity contribution in [2.24, 2.45) is 0 Å². The number of nitrogens with zero attached hydrogens (tertiary/aromatic N) is 1. The van der Waals surface area contributed by atoms with Crippen molar-refractivity contribution in [2.45, 2.75) is 6.04 Å². The molecule has 60 valence electrons. The second kappa shape index (κ2) is 4.56. The van der Waals surface area contributed by atoms with Gasteiger partial charge in [0.05, 0.1) is 12.6 Å². The summed E-state index contributed by atoms with van der Waals surface area (Å²) in [5, 5.41) is 15.6. The maximum absolute atomic E-state index is 8.75. The smallest absolute Gasteiger partial charge is 0.122 e. The third kappa shape index (κ3) is 2.10. The lowest BCUT2D eigenvalue weighted by Gasteiger charge is -2.05. The van der Waals surface area contributed by atoms with Gasteiger partial charge < -0.3 is 0 Å². The Morgan fingerprint density at radius 1 is 1.75 bits per heavy atom. The molecule has 2 nitrogen and oxygen atoms in total. The molecule has 1 aromatic heterocycles. The van der Waals surface area contributed by atoms with E-state index in [1.807, 2.05) is 16.8 Å². The zero-order valence-electron chi connectivity index (χ0n) is 6.45. The van der Waals surface area contributed by atoms with Crippen LogP contribution < -0.4 is 5.32 Å². The van der Waals surface area contributed by atoms with Gasteiger partial charge in [0.15, 0.2) is 0 Å². The summed E-state index contributed by atoms with van der Waals surface area (Å²) in [4.78, 5) is 0. The van der Waals surface area contributed by atoms with Crippen molar-refractivity contribution >= 4 is 11.3 Å². The van der Waals surface area contributed by atoms with Crippen LogP contribution in [0.3, 0.4) is 0 Å². The van der Waals surface area contributed by atoms with Crippen molar-refractivity contribution in [3.8, 4) is 18.4 Å². The normalized spacial score (nSPS) is 11.5. The van der Waals surface area contributed by atoms with Crippen molar-refractivity contribution in [2.75, 3.05) is 6.54 Å². The second-order valence-electron chi connectivity index (χ2n) is 2.20. The fourth-order valence-corrected chi connectivity index (χ4v) is 1.52. The van der Waals surface area contributed by atoms with Gasteiger partial charge in [0, 0.05) is 0 Å². The van der Waals surface area contributed by atoms with Gasteiger partial charge in [-0.25, -0.2) is 0 Å². The standard InChI is InChI=1S/C9H8N2S/c1-2-4-11-9(6-10)8-3-5-12-7-8/h1,3,5,7,9,11H,4H2. The van der Waals surface area contributed by atoms with Crippen molar-refractivity contribution < 1.29 is 0 Å². The van der Waals surface area contributed by atoms with Gasteiger partial charge in [0.2, 0.25) is 0 Å². The third-order valence-electron chi connectivity index (χ3n) is 1.41. The summed E-state index contributed by atoms with van der Waals surface area (Å²) >= 11 is 1.57. The van der Waals surface area contributed by atoms with Crippen LogP contribution in [0.15, 0.2) is 16.8 Å². The van der Waals surface area contributed by atoms with Gasteiger partial charge in [-0.2, -0.15) is 16.6 Å². The first kappa shape index (κ1) is 8.80. The largest absolute Gasteiger partial charge is 0.287 e. The van der Waals surface area contributed by atoms with Crippen LogP contribution >= 0.6 is 11.3 Å². The average Bonchev–Trinajstić information content (AvgIpc) is 2.59. The van der Waals surface area contributed by atoms with Gasteiger partial charge in [0.1, 0.15) is 6.04 Å². The molecular formula is C9H8N2S. The molecular weight excluding hydrogens is 168 g/mol. The van der Waals surface area contributed by atoms with Gasteiger partial charge in [-0.1, -0.05) is 5.92 Å². The first-order valence-electron chi connectivity index (χ1n) is 3.47. The highest BCUT2D eigenvalue weighted by Gasteiger charge is 2.07. The van der Waals surface area contributed by atoms with Crippen LogP contribution in [0.5, 0.6) is 0 Å². The van der Waals surface area contributed by atoms with Crippen LogP contribution in [-0.4, -0.2) is 6.54 Å². The number of terminal acetylenes is 1. The third-order valence-corrected chi connectivity index (χ3v) is 2.12. The molecule has 1 N–H and O–H groups in total. The summed E-state index contributed by atoms with van der Waals surface area (Å²) in [5.74, 6) is 2.44. The lowest BCUT2D eigenvalue weighted by molar-refractivity contribution is 0.693. The maximum atomic E-state index is 8.75. The SMILES string of the molecule is C#CCNC(C#N)c1ccsc1. The highest BCUT2D eigenvalue weighted by atomic mass is 32.1. The second-order valence-corrected chi connectivity index (χ2v) is 2.98. The molecule has 0 fully saturated rings. The molecule has 1 rings (SSSR count). The summed E-state index contributed by atoms with van der Waals surface area (Å²) in [7, 11) is 0. The van der Waals surface area contributed by atoms with Crippen LogP contribution in [0.2, 0.25) is 0 Å². The van der Waals surface area contributed by atoms with E-state index in [0.717, 1.165) is 5.56 Å². The lowest BCUT2D eigenvalue weighted by Crippen LogP contribution is -2.19. The molecule has 0 aliphatic heterocycles. The zero-order valence-corrected chi connectivity index (χ0v) is 7.27. The van der Waals surface area contributed by atoms with Gasteiger partial charge in [0.25, 0.3) is 0 Å². The molecule has 1 aromatic rings. The maximum Gasteiger partial charge on any atom is 0.122 e. The molecule has 0 radical (unpaired) electrons. The summed E-state index contributed by atoms with van der Waals surface area (Å²) in [5.41, 5.74) is 0.984. The van der Waals surface area contributed by atoms with Gasteiger partial charge in [-0.05, 0) is 22.4 Å². The topological polar surface area (TPSA) is 35.8 Å². The molecule has 0 aliphatic rings. The minimum absolute atomic E-state index is 0.271. The number of hydrogen-bond donors (Lipinski definition) is 1. The van der Waals surface area contributed by atoms with Crippen molar-refractivity contribution in [1.82, 2.24) is 5.32 Å². The Morgan fingerprint density at radius 3 is 3.08 bits per heavy atom. The van der Waals surface area contributed by atoms with E-state index in [-0.39, 0.29) is 6.04 Å². The Balaban J connectivity index is 2.60. The molecule has 1 atom stereocenters. The Kier molecular flexibility index (Phi) is 3.35. The molecule has 0 aliphatic carbocycles. The van der Waals surface area contributed by atoms with E-state index >= 15 is 0 Å². The molecule has 0 saturated heterocycles. The van der Waals surface area contributed by atoms with E-state index in [9.17, 15) is 0 Å². The Labute approximate surface area is 75.8 Å². The number of rotatable bonds is 3. The Hall–Kier alpha value is -1.29. The van der Waals surface area contributed by atoms with Crippen LogP contribution in [0, 0.1) is 23.7 Å². The van der Waals surface area contributed by atoms with Crippen LogP contribution in [0.1, 0.15) is 11.6 Å². The van der Waals surface area contributed by atoms with Gasteiger partial charge in [-0.15, -0.1) is 6.42 Å².